The lowest BCUT2D eigenvalue weighted by Crippen LogP contribution is -2.41. The highest BCUT2D eigenvalue weighted by Crippen LogP contribution is 2.36. The maximum absolute atomic E-state index is 8.14. The average Bonchev–Trinajstić information content (AvgIpc) is 2.74. The summed E-state index contributed by atoms with van der Waals surface area (Å²) >= 11 is 0. The molecule has 114 valence electrons. The standard InChI is InChI=1S/C14H22BN3O3/c1-13(2)14(3,4)21-15(20-13)11-9-16-10-12(17-11)18-5-7-19-8-6-18/h9-10H,5-8H2,1-4H3/i5D2,6D2,7D2,8D2,9D,10D. The molecule has 1 aromatic rings. The van der Waals surface area contributed by atoms with E-state index in [0.717, 1.165) is 0 Å². The van der Waals surface area contributed by atoms with E-state index in [-0.39, 0.29) is 10.5 Å². The summed E-state index contributed by atoms with van der Waals surface area (Å²) in [6, 6.07) is 0. The van der Waals surface area contributed by atoms with Crippen molar-refractivity contribution in [2.45, 2.75) is 38.9 Å². The molecule has 7 heteroatoms. The third kappa shape index (κ3) is 2.77. The van der Waals surface area contributed by atoms with Gasteiger partial charge < -0.3 is 18.9 Å². The van der Waals surface area contributed by atoms with Crippen LogP contribution >= 0.6 is 0 Å². The van der Waals surface area contributed by atoms with Crippen LogP contribution < -0.4 is 10.5 Å². The van der Waals surface area contributed by atoms with E-state index < -0.39 is 62.6 Å². The number of rotatable bonds is 2. The molecule has 0 atom stereocenters. The Hall–Kier alpha value is -1.18. The zero-order chi connectivity index (χ0) is 24.0. The highest BCUT2D eigenvalue weighted by molar-refractivity contribution is 6.61. The van der Waals surface area contributed by atoms with E-state index >= 15 is 0 Å². The molecule has 1 aromatic heterocycles. The smallest absolute Gasteiger partial charge is 0.398 e. The van der Waals surface area contributed by atoms with E-state index in [0.29, 0.717) is 0 Å². The van der Waals surface area contributed by atoms with Crippen molar-refractivity contribution >= 4 is 18.5 Å². The lowest BCUT2D eigenvalue weighted by Gasteiger charge is -2.32. The van der Waals surface area contributed by atoms with Crippen LogP contribution in [0.5, 0.6) is 0 Å². The number of hydrogen-bond donors (Lipinski definition) is 0. The van der Waals surface area contributed by atoms with Crippen molar-refractivity contribution in [2.75, 3.05) is 31.0 Å². The Balaban J connectivity index is 2.20. The van der Waals surface area contributed by atoms with E-state index in [4.69, 9.17) is 23.0 Å². The molecule has 2 aliphatic rings. The van der Waals surface area contributed by atoms with Crippen molar-refractivity contribution in [3.63, 3.8) is 0 Å². The molecule has 6 nitrogen and oxygen atoms in total. The Labute approximate surface area is 140 Å². The normalized spacial score (nSPS) is 41.0. The molecule has 3 rings (SSSR count). The molecule has 2 fully saturated rings. The first-order chi connectivity index (χ1) is 13.7. The van der Waals surface area contributed by atoms with Crippen LogP contribution in [0.1, 0.15) is 41.4 Å². The summed E-state index contributed by atoms with van der Waals surface area (Å²) in [6.45, 7) is -6.27. The minimum atomic E-state index is -3.32. The Morgan fingerprint density at radius 1 is 1.19 bits per heavy atom. The van der Waals surface area contributed by atoms with Gasteiger partial charge in [0, 0.05) is 19.2 Å². The monoisotopic (exact) mass is 301 g/mol. The van der Waals surface area contributed by atoms with Crippen molar-refractivity contribution in [2.24, 2.45) is 0 Å². The van der Waals surface area contributed by atoms with E-state index in [9.17, 15) is 0 Å². The number of aromatic nitrogens is 2. The van der Waals surface area contributed by atoms with Gasteiger partial charge in [-0.05, 0) is 27.7 Å². The summed E-state index contributed by atoms with van der Waals surface area (Å²) in [5, 5.41) is 0. The van der Waals surface area contributed by atoms with Crippen LogP contribution in [-0.4, -0.2) is 54.4 Å². The Morgan fingerprint density at radius 2 is 1.81 bits per heavy atom. The van der Waals surface area contributed by atoms with Gasteiger partial charge in [0.2, 0.25) is 0 Å². The van der Waals surface area contributed by atoms with Crippen molar-refractivity contribution < 1.29 is 27.8 Å². The highest BCUT2D eigenvalue weighted by atomic mass is 16.7. The molecule has 2 aliphatic heterocycles. The zero-order valence-electron chi connectivity index (χ0n) is 22.1. The second-order valence-electron chi connectivity index (χ2n) is 5.61. The van der Waals surface area contributed by atoms with Gasteiger partial charge in [-0.1, -0.05) is 0 Å². The second-order valence-corrected chi connectivity index (χ2v) is 5.61. The quantitative estimate of drug-likeness (QED) is 0.746. The van der Waals surface area contributed by atoms with Gasteiger partial charge in [0.05, 0.1) is 49.8 Å². The molecule has 0 spiro atoms. The van der Waals surface area contributed by atoms with Crippen molar-refractivity contribution in [1.82, 2.24) is 9.97 Å². The number of nitrogens with zero attached hydrogens (tertiary/aromatic N) is 3. The first-order valence-corrected chi connectivity index (χ1v) is 6.39. The van der Waals surface area contributed by atoms with Gasteiger partial charge in [-0.15, -0.1) is 0 Å². The molecule has 0 N–H and O–H groups in total. The molecular formula is C14H22BN3O3. The van der Waals surface area contributed by atoms with Gasteiger partial charge in [0.25, 0.3) is 0 Å². The third-order valence-corrected chi connectivity index (χ3v) is 3.66. The lowest BCUT2D eigenvalue weighted by molar-refractivity contribution is 0.00578. The first kappa shape index (κ1) is 6.94. The fraction of sp³-hybridized carbons (Fsp3) is 0.714. The predicted molar refractivity (Wildman–Crippen MR) is 80.8 cm³/mol. The number of ether oxygens (including phenoxy) is 1. The Kier molecular flexibility index (Phi) is 1.73. The van der Waals surface area contributed by atoms with Crippen LogP contribution in [0.2, 0.25) is 0 Å². The summed E-state index contributed by atoms with van der Waals surface area (Å²) in [4.78, 5) is 7.71. The van der Waals surface area contributed by atoms with Gasteiger partial charge in [-0.25, -0.2) is 4.98 Å². The summed E-state index contributed by atoms with van der Waals surface area (Å²) in [5.74, 6) is -0.827. The largest absolute Gasteiger partial charge is 0.516 e. The Bertz CT molecular complexity index is 872. The van der Waals surface area contributed by atoms with E-state index in [1.807, 2.05) is 0 Å². The average molecular weight is 301 g/mol. The van der Waals surface area contributed by atoms with E-state index in [1.165, 1.54) is 0 Å². The molecule has 21 heavy (non-hydrogen) atoms. The van der Waals surface area contributed by atoms with E-state index in [2.05, 4.69) is 14.7 Å². The molecule has 0 aliphatic carbocycles. The van der Waals surface area contributed by atoms with Crippen molar-refractivity contribution in [3.8, 4) is 0 Å². The molecule has 2 saturated heterocycles. The van der Waals surface area contributed by atoms with E-state index in [1.54, 1.807) is 27.7 Å². The summed E-state index contributed by atoms with van der Waals surface area (Å²) in [7, 11) is -1.25. The molecule has 0 amide bonds. The van der Waals surface area contributed by atoms with Gasteiger partial charge in [-0.2, -0.15) is 0 Å². The number of morpholine rings is 1. The van der Waals surface area contributed by atoms with Crippen LogP contribution in [-0.2, 0) is 14.0 Å². The molecule has 0 radical (unpaired) electrons. The fourth-order valence-corrected chi connectivity index (χ4v) is 1.76. The number of anilines is 1. The summed E-state index contributed by atoms with van der Waals surface area (Å²) < 4.78 is 96.0. The molecule has 3 heterocycles. The SMILES string of the molecule is [2H]c1nc([2H])c(N2C([2H])([2H])C([2H])([2H])OC([2H])([2H])C2([2H])[2H])nc1B1OC(C)(C)C(C)(C)O1. The van der Waals surface area contributed by atoms with Crippen molar-refractivity contribution in [1.29, 1.82) is 0 Å². The maximum Gasteiger partial charge on any atom is 0.516 e. The first-order valence-electron chi connectivity index (χ1n) is 11.4. The van der Waals surface area contributed by atoms with Crippen molar-refractivity contribution in [3.05, 3.63) is 12.3 Å². The van der Waals surface area contributed by atoms with Crippen LogP contribution in [0.15, 0.2) is 12.3 Å². The lowest BCUT2D eigenvalue weighted by atomic mass is 9.85. The van der Waals surface area contributed by atoms with Crippen LogP contribution in [0.4, 0.5) is 5.82 Å². The molecular weight excluding hydrogens is 269 g/mol. The second kappa shape index (κ2) is 5.23. The fourth-order valence-electron chi connectivity index (χ4n) is 1.76. The molecule has 0 bridgehead atoms. The highest BCUT2D eigenvalue weighted by Gasteiger charge is 2.52. The summed E-state index contributed by atoms with van der Waals surface area (Å²) in [5.41, 5.74) is -1.95. The maximum atomic E-state index is 8.14. The zero-order valence-corrected chi connectivity index (χ0v) is 12.1. The topological polar surface area (TPSA) is 56.7 Å². The van der Waals surface area contributed by atoms with Gasteiger partial charge in [-0.3, -0.25) is 4.98 Å². The minimum absolute atomic E-state index is 0.0486. The molecule has 0 unspecified atom stereocenters. The number of hydrogen-bond acceptors (Lipinski definition) is 6. The molecule has 0 aromatic carbocycles. The molecule has 0 saturated carbocycles. The summed E-state index contributed by atoms with van der Waals surface area (Å²) in [6.07, 6.45) is -1.39. The predicted octanol–water partition coefficient (Wildman–Crippen LogP) is 0.612. The minimum Gasteiger partial charge on any atom is -0.398 e. The van der Waals surface area contributed by atoms with Crippen LogP contribution in [0.25, 0.3) is 0 Å². The van der Waals surface area contributed by atoms with Gasteiger partial charge in [0.1, 0.15) is 5.82 Å². The van der Waals surface area contributed by atoms with Crippen LogP contribution in [0, 0.1) is 0 Å². The third-order valence-electron chi connectivity index (χ3n) is 3.66. The van der Waals surface area contributed by atoms with Gasteiger partial charge >= 0.3 is 7.12 Å². The van der Waals surface area contributed by atoms with Crippen LogP contribution in [0.3, 0.4) is 0 Å². The van der Waals surface area contributed by atoms with Gasteiger partial charge in [0.15, 0.2) is 0 Å². The Morgan fingerprint density at radius 3 is 2.43 bits per heavy atom.